The molecule has 1 heterocycles. The number of carboxylic acids is 1. The molecular formula is C14H16N2O3. The summed E-state index contributed by atoms with van der Waals surface area (Å²) in [5, 5.41) is 11.4. The number of carbonyl (C=O) groups excluding carboxylic acids is 1. The first-order valence-electron chi connectivity index (χ1n) is 6.02. The van der Waals surface area contributed by atoms with Crippen molar-refractivity contribution in [1.82, 2.24) is 10.3 Å². The van der Waals surface area contributed by atoms with Gasteiger partial charge in [-0.2, -0.15) is 0 Å². The summed E-state index contributed by atoms with van der Waals surface area (Å²) in [4.78, 5) is 25.9. The van der Waals surface area contributed by atoms with Crippen LogP contribution in [0.15, 0.2) is 18.3 Å². The molecule has 5 nitrogen and oxygen atoms in total. The van der Waals surface area contributed by atoms with Crippen molar-refractivity contribution in [2.24, 2.45) is 0 Å². The maximum atomic E-state index is 11.5. The molecule has 19 heavy (non-hydrogen) atoms. The highest BCUT2D eigenvalue weighted by Crippen LogP contribution is 2.02. The normalized spacial score (nSPS) is 9.63. The summed E-state index contributed by atoms with van der Waals surface area (Å²) in [6, 6.07) is 3.05. The third-order valence-corrected chi connectivity index (χ3v) is 2.51. The van der Waals surface area contributed by atoms with Gasteiger partial charge in [0.05, 0.1) is 0 Å². The minimum Gasteiger partial charge on any atom is -0.477 e. The number of hydrogen-bond acceptors (Lipinski definition) is 3. The van der Waals surface area contributed by atoms with Gasteiger partial charge >= 0.3 is 5.97 Å². The predicted molar refractivity (Wildman–Crippen MR) is 70.3 cm³/mol. The van der Waals surface area contributed by atoms with Crippen LogP contribution in [0.2, 0.25) is 0 Å². The summed E-state index contributed by atoms with van der Waals surface area (Å²) in [6.45, 7) is 0.348. The number of terminal acetylenes is 1. The van der Waals surface area contributed by atoms with Gasteiger partial charge < -0.3 is 10.4 Å². The Balaban J connectivity index is 2.30. The molecule has 0 aliphatic carbocycles. The fourth-order valence-electron chi connectivity index (χ4n) is 1.46. The molecule has 1 aromatic rings. The van der Waals surface area contributed by atoms with E-state index in [0.29, 0.717) is 19.4 Å². The maximum absolute atomic E-state index is 11.5. The summed E-state index contributed by atoms with van der Waals surface area (Å²) >= 11 is 0. The van der Waals surface area contributed by atoms with Gasteiger partial charge in [0.25, 0.3) is 0 Å². The zero-order valence-electron chi connectivity index (χ0n) is 10.6. The fourth-order valence-corrected chi connectivity index (χ4v) is 1.46. The molecule has 5 heteroatoms. The standard InChI is InChI=1S/C14H16N2O3/c1-2-3-4-5-6-13(17)16-10-11-7-8-12(14(18)19)15-9-11/h1,7-9H,3-6,10H2,(H,16,17)(H,18,19). The van der Waals surface area contributed by atoms with E-state index in [0.717, 1.165) is 18.4 Å². The molecule has 0 aliphatic heterocycles. The van der Waals surface area contributed by atoms with Gasteiger partial charge in [-0.3, -0.25) is 4.79 Å². The van der Waals surface area contributed by atoms with E-state index in [9.17, 15) is 9.59 Å². The van der Waals surface area contributed by atoms with Crippen molar-refractivity contribution in [3.05, 3.63) is 29.6 Å². The van der Waals surface area contributed by atoms with Crippen molar-refractivity contribution in [3.8, 4) is 12.3 Å². The summed E-state index contributed by atoms with van der Waals surface area (Å²) in [5.74, 6) is 1.42. The molecule has 1 rings (SSSR count). The highest BCUT2D eigenvalue weighted by atomic mass is 16.4. The third-order valence-electron chi connectivity index (χ3n) is 2.51. The van der Waals surface area contributed by atoms with Gasteiger partial charge in [-0.1, -0.05) is 6.07 Å². The molecule has 0 aromatic carbocycles. The van der Waals surface area contributed by atoms with Gasteiger partial charge in [-0.15, -0.1) is 12.3 Å². The monoisotopic (exact) mass is 260 g/mol. The van der Waals surface area contributed by atoms with Crippen molar-refractivity contribution in [2.45, 2.75) is 32.2 Å². The Hall–Kier alpha value is -2.35. The molecule has 0 spiro atoms. The molecule has 0 atom stereocenters. The molecular weight excluding hydrogens is 244 g/mol. The van der Waals surface area contributed by atoms with Crippen LogP contribution >= 0.6 is 0 Å². The van der Waals surface area contributed by atoms with Crippen molar-refractivity contribution >= 4 is 11.9 Å². The average Bonchev–Trinajstić information content (AvgIpc) is 2.42. The fraction of sp³-hybridized carbons (Fsp3) is 0.357. The lowest BCUT2D eigenvalue weighted by Crippen LogP contribution is -2.22. The largest absolute Gasteiger partial charge is 0.477 e. The minimum absolute atomic E-state index is 0.00985. The smallest absolute Gasteiger partial charge is 0.354 e. The van der Waals surface area contributed by atoms with Gasteiger partial charge in [0.15, 0.2) is 0 Å². The van der Waals surface area contributed by atoms with Gasteiger partial charge in [-0.25, -0.2) is 9.78 Å². The topological polar surface area (TPSA) is 79.3 Å². The van der Waals surface area contributed by atoms with Crippen LogP contribution in [-0.2, 0) is 11.3 Å². The van der Waals surface area contributed by atoms with Crippen molar-refractivity contribution in [1.29, 1.82) is 0 Å². The Kier molecular flexibility index (Phi) is 6.10. The van der Waals surface area contributed by atoms with Crippen LogP contribution < -0.4 is 5.32 Å². The number of aromatic carboxylic acids is 1. The predicted octanol–water partition coefficient (Wildman–Crippen LogP) is 1.59. The third kappa shape index (κ3) is 5.68. The summed E-state index contributed by atoms with van der Waals surface area (Å²) in [5.41, 5.74) is 0.756. The zero-order chi connectivity index (χ0) is 14.1. The Morgan fingerprint density at radius 2 is 2.16 bits per heavy atom. The lowest BCUT2D eigenvalue weighted by molar-refractivity contribution is -0.121. The number of nitrogens with one attached hydrogen (secondary N) is 1. The molecule has 2 N–H and O–H groups in total. The molecule has 1 aromatic heterocycles. The zero-order valence-corrected chi connectivity index (χ0v) is 10.6. The second kappa shape index (κ2) is 7.88. The number of rotatable bonds is 7. The number of carbonyl (C=O) groups is 2. The number of hydrogen-bond donors (Lipinski definition) is 2. The van der Waals surface area contributed by atoms with Crippen molar-refractivity contribution in [3.63, 3.8) is 0 Å². The minimum atomic E-state index is -1.07. The average molecular weight is 260 g/mol. The number of pyridine rings is 1. The van der Waals surface area contributed by atoms with Crippen LogP contribution in [0.25, 0.3) is 0 Å². The number of carboxylic acid groups (broad SMARTS) is 1. The SMILES string of the molecule is C#CCCCCC(=O)NCc1ccc(C(=O)O)nc1. The van der Waals surface area contributed by atoms with Crippen LogP contribution in [0.4, 0.5) is 0 Å². The molecule has 0 saturated carbocycles. The van der Waals surface area contributed by atoms with Crippen LogP contribution in [-0.4, -0.2) is 22.0 Å². The number of unbranched alkanes of at least 4 members (excludes halogenated alkanes) is 2. The van der Waals surface area contributed by atoms with E-state index in [1.165, 1.54) is 12.3 Å². The van der Waals surface area contributed by atoms with E-state index in [1.54, 1.807) is 6.07 Å². The molecule has 0 unspecified atom stereocenters. The number of aromatic nitrogens is 1. The Morgan fingerprint density at radius 1 is 1.37 bits per heavy atom. The first kappa shape index (κ1) is 14.7. The Labute approximate surface area is 112 Å². The Bertz CT molecular complexity index is 474. The molecule has 0 radical (unpaired) electrons. The van der Waals surface area contributed by atoms with Crippen LogP contribution in [0.5, 0.6) is 0 Å². The van der Waals surface area contributed by atoms with E-state index in [-0.39, 0.29) is 11.6 Å². The molecule has 0 aliphatic rings. The first-order valence-corrected chi connectivity index (χ1v) is 6.02. The van der Waals surface area contributed by atoms with Crippen LogP contribution in [0.3, 0.4) is 0 Å². The van der Waals surface area contributed by atoms with Crippen molar-refractivity contribution < 1.29 is 14.7 Å². The number of amides is 1. The second-order valence-corrected chi connectivity index (χ2v) is 4.04. The summed E-state index contributed by atoms with van der Waals surface area (Å²) in [6.07, 6.45) is 9.31. The first-order chi connectivity index (χ1) is 9.13. The molecule has 0 bridgehead atoms. The van der Waals surface area contributed by atoms with Gasteiger partial charge in [0.2, 0.25) is 5.91 Å². The highest BCUT2D eigenvalue weighted by Gasteiger charge is 2.04. The van der Waals surface area contributed by atoms with Gasteiger partial charge in [0.1, 0.15) is 5.69 Å². The van der Waals surface area contributed by atoms with Crippen molar-refractivity contribution in [2.75, 3.05) is 0 Å². The lowest BCUT2D eigenvalue weighted by atomic mass is 10.2. The van der Waals surface area contributed by atoms with E-state index < -0.39 is 5.97 Å². The molecule has 0 saturated heterocycles. The van der Waals surface area contributed by atoms with Gasteiger partial charge in [-0.05, 0) is 24.5 Å². The van der Waals surface area contributed by atoms with Crippen LogP contribution in [0.1, 0.15) is 41.7 Å². The number of nitrogens with zero attached hydrogens (tertiary/aromatic N) is 1. The molecule has 100 valence electrons. The molecule has 1 amide bonds. The summed E-state index contributed by atoms with van der Waals surface area (Å²) in [7, 11) is 0. The maximum Gasteiger partial charge on any atom is 0.354 e. The van der Waals surface area contributed by atoms with Crippen LogP contribution in [0, 0.1) is 12.3 Å². The summed E-state index contributed by atoms with van der Waals surface area (Å²) < 4.78 is 0. The van der Waals surface area contributed by atoms with E-state index >= 15 is 0 Å². The molecule has 0 fully saturated rings. The van der Waals surface area contributed by atoms with E-state index in [4.69, 9.17) is 11.5 Å². The quantitative estimate of drug-likeness (QED) is 0.576. The van der Waals surface area contributed by atoms with E-state index in [2.05, 4.69) is 16.2 Å². The van der Waals surface area contributed by atoms with Gasteiger partial charge in [0, 0.05) is 25.6 Å². The lowest BCUT2D eigenvalue weighted by Gasteiger charge is -2.05. The highest BCUT2D eigenvalue weighted by molar-refractivity contribution is 5.85. The Morgan fingerprint density at radius 3 is 2.74 bits per heavy atom. The van der Waals surface area contributed by atoms with E-state index in [1.807, 2.05) is 0 Å². The second-order valence-electron chi connectivity index (χ2n) is 4.04.